The highest BCUT2D eigenvalue weighted by molar-refractivity contribution is 9.10. The van der Waals surface area contributed by atoms with E-state index in [1.54, 1.807) is 0 Å². The van der Waals surface area contributed by atoms with Gasteiger partial charge < -0.3 is 10.5 Å². The standard InChI is InChI=1S/C13H14BrN3OS/c1-8-12(14)11(17(2)16-8)7-18-10-5-3-9(4-6-10)13(15)19/h3-6H,7H2,1-2H3,(H2,15,19). The Bertz CT molecular complexity index is 607. The summed E-state index contributed by atoms with van der Waals surface area (Å²) in [6.45, 7) is 2.40. The van der Waals surface area contributed by atoms with Crippen molar-refractivity contribution in [1.82, 2.24) is 9.78 Å². The van der Waals surface area contributed by atoms with Crippen molar-refractivity contribution in [2.24, 2.45) is 12.8 Å². The van der Waals surface area contributed by atoms with Gasteiger partial charge in [0, 0.05) is 12.6 Å². The van der Waals surface area contributed by atoms with E-state index >= 15 is 0 Å². The highest BCUT2D eigenvalue weighted by Crippen LogP contribution is 2.22. The summed E-state index contributed by atoms with van der Waals surface area (Å²) < 4.78 is 8.52. The molecule has 0 radical (unpaired) electrons. The van der Waals surface area contributed by atoms with Crippen LogP contribution in [-0.4, -0.2) is 14.8 Å². The first-order chi connectivity index (χ1) is 8.99. The van der Waals surface area contributed by atoms with Crippen LogP contribution in [0.15, 0.2) is 28.7 Å². The number of hydrogen-bond acceptors (Lipinski definition) is 3. The van der Waals surface area contributed by atoms with E-state index in [0.717, 1.165) is 27.2 Å². The van der Waals surface area contributed by atoms with Crippen LogP contribution in [0.1, 0.15) is 17.0 Å². The zero-order chi connectivity index (χ0) is 14.0. The number of nitrogens with zero attached hydrogens (tertiary/aromatic N) is 2. The topological polar surface area (TPSA) is 53.1 Å². The molecule has 19 heavy (non-hydrogen) atoms. The monoisotopic (exact) mass is 339 g/mol. The maximum atomic E-state index is 5.73. The highest BCUT2D eigenvalue weighted by Gasteiger charge is 2.11. The molecule has 2 aromatic rings. The zero-order valence-corrected chi connectivity index (χ0v) is 13.1. The third-order valence-electron chi connectivity index (χ3n) is 2.78. The number of hydrogen-bond donors (Lipinski definition) is 1. The quantitative estimate of drug-likeness (QED) is 0.870. The molecular weight excluding hydrogens is 326 g/mol. The fourth-order valence-electron chi connectivity index (χ4n) is 1.70. The minimum absolute atomic E-state index is 0.386. The van der Waals surface area contributed by atoms with Crippen LogP contribution < -0.4 is 10.5 Å². The summed E-state index contributed by atoms with van der Waals surface area (Å²) in [6.07, 6.45) is 0. The Morgan fingerprint density at radius 1 is 1.42 bits per heavy atom. The van der Waals surface area contributed by atoms with Crippen molar-refractivity contribution in [2.45, 2.75) is 13.5 Å². The molecular formula is C13H14BrN3OS. The van der Waals surface area contributed by atoms with E-state index in [4.69, 9.17) is 22.7 Å². The van der Waals surface area contributed by atoms with Gasteiger partial charge in [-0.15, -0.1) is 0 Å². The predicted octanol–water partition coefficient (Wildman–Crippen LogP) is 2.70. The molecule has 0 saturated carbocycles. The van der Waals surface area contributed by atoms with Crippen molar-refractivity contribution in [1.29, 1.82) is 0 Å². The number of benzene rings is 1. The zero-order valence-electron chi connectivity index (χ0n) is 10.7. The first-order valence-electron chi connectivity index (χ1n) is 5.69. The molecule has 100 valence electrons. The predicted molar refractivity (Wildman–Crippen MR) is 82.3 cm³/mol. The second-order valence-electron chi connectivity index (χ2n) is 4.15. The molecule has 1 aromatic heterocycles. The molecule has 2 N–H and O–H groups in total. The number of thiocarbonyl (C=S) groups is 1. The largest absolute Gasteiger partial charge is 0.487 e. The number of aromatic nitrogens is 2. The third-order valence-corrected chi connectivity index (χ3v) is 4.04. The van der Waals surface area contributed by atoms with E-state index < -0.39 is 0 Å². The van der Waals surface area contributed by atoms with E-state index in [1.165, 1.54) is 0 Å². The maximum absolute atomic E-state index is 5.73. The smallest absolute Gasteiger partial charge is 0.131 e. The Hall–Kier alpha value is -1.40. The average Bonchev–Trinajstić information content (AvgIpc) is 2.62. The van der Waals surface area contributed by atoms with Crippen LogP contribution in [-0.2, 0) is 13.7 Å². The molecule has 4 nitrogen and oxygen atoms in total. The molecule has 0 amide bonds. The van der Waals surface area contributed by atoms with Gasteiger partial charge in [0.15, 0.2) is 0 Å². The van der Waals surface area contributed by atoms with Crippen molar-refractivity contribution in [3.05, 3.63) is 45.7 Å². The lowest BCUT2D eigenvalue weighted by Gasteiger charge is -2.07. The van der Waals surface area contributed by atoms with Gasteiger partial charge >= 0.3 is 0 Å². The Morgan fingerprint density at radius 3 is 2.53 bits per heavy atom. The molecule has 0 atom stereocenters. The molecule has 0 aliphatic heterocycles. The number of nitrogens with two attached hydrogens (primary N) is 1. The van der Waals surface area contributed by atoms with Gasteiger partial charge in [0.1, 0.15) is 17.3 Å². The van der Waals surface area contributed by atoms with E-state index in [2.05, 4.69) is 21.0 Å². The number of ether oxygens (including phenoxy) is 1. The van der Waals surface area contributed by atoms with Gasteiger partial charge in [-0.05, 0) is 47.1 Å². The Balaban J connectivity index is 2.08. The Labute approximate surface area is 125 Å². The van der Waals surface area contributed by atoms with E-state index in [0.29, 0.717) is 11.6 Å². The van der Waals surface area contributed by atoms with Crippen LogP contribution in [0.4, 0.5) is 0 Å². The summed E-state index contributed by atoms with van der Waals surface area (Å²) in [6, 6.07) is 7.40. The van der Waals surface area contributed by atoms with Crippen LogP contribution in [0.3, 0.4) is 0 Å². The van der Waals surface area contributed by atoms with E-state index in [9.17, 15) is 0 Å². The third kappa shape index (κ3) is 3.13. The molecule has 1 aromatic carbocycles. The average molecular weight is 340 g/mol. The number of rotatable bonds is 4. The summed E-state index contributed by atoms with van der Waals surface area (Å²) in [5, 5.41) is 4.32. The highest BCUT2D eigenvalue weighted by atomic mass is 79.9. The van der Waals surface area contributed by atoms with Crippen LogP contribution in [0, 0.1) is 6.92 Å². The molecule has 0 unspecified atom stereocenters. The van der Waals surface area contributed by atoms with Gasteiger partial charge in [-0.25, -0.2) is 0 Å². The fraction of sp³-hybridized carbons (Fsp3) is 0.231. The first-order valence-corrected chi connectivity index (χ1v) is 6.90. The Morgan fingerprint density at radius 2 is 2.05 bits per heavy atom. The molecule has 6 heteroatoms. The van der Waals surface area contributed by atoms with Gasteiger partial charge in [-0.1, -0.05) is 12.2 Å². The first kappa shape index (κ1) is 14.0. The molecule has 0 aliphatic rings. The van der Waals surface area contributed by atoms with Crippen molar-refractivity contribution >= 4 is 33.1 Å². The van der Waals surface area contributed by atoms with Crippen molar-refractivity contribution in [3.8, 4) is 5.75 Å². The minimum Gasteiger partial charge on any atom is -0.487 e. The lowest BCUT2D eigenvalue weighted by molar-refractivity contribution is 0.294. The lowest BCUT2D eigenvalue weighted by atomic mass is 10.2. The number of halogens is 1. The number of aryl methyl sites for hydroxylation is 2. The SMILES string of the molecule is Cc1nn(C)c(COc2ccc(C(N)=S)cc2)c1Br. The lowest BCUT2D eigenvalue weighted by Crippen LogP contribution is -2.09. The van der Waals surface area contributed by atoms with Gasteiger partial charge in [-0.2, -0.15) is 5.10 Å². The fourth-order valence-corrected chi connectivity index (χ4v) is 2.29. The summed E-state index contributed by atoms with van der Waals surface area (Å²) in [5.41, 5.74) is 8.32. The van der Waals surface area contributed by atoms with Gasteiger partial charge in [0.05, 0.1) is 15.9 Å². The van der Waals surface area contributed by atoms with E-state index in [1.807, 2.05) is 42.9 Å². The molecule has 0 aliphatic carbocycles. The summed E-state index contributed by atoms with van der Waals surface area (Å²) in [7, 11) is 1.90. The van der Waals surface area contributed by atoms with Crippen LogP contribution in [0.2, 0.25) is 0 Å². The molecule has 1 heterocycles. The molecule has 0 saturated heterocycles. The Kier molecular flexibility index (Phi) is 4.21. The normalized spacial score (nSPS) is 10.5. The van der Waals surface area contributed by atoms with Crippen molar-refractivity contribution in [2.75, 3.05) is 0 Å². The maximum Gasteiger partial charge on any atom is 0.131 e. The van der Waals surface area contributed by atoms with Gasteiger partial charge in [-0.3, -0.25) is 4.68 Å². The van der Waals surface area contributed by atoms with E-state index in [-0.39, 0.29) is 0 Å². The summed E-state index contributed by atoms with van der Waals surface area (Å²) >= 11 is 8.41. The molecule has 2 rings (SSSR count). The molecule has 0 spiro atoms. The second-order valence-corrected chi connectivity index (χ2v) is 5.38. The molecule has 0 fully saturated rings. The van der Waals surface area contributed by atoms with Gasteiger partial charge in [0.2, 0.25) is 0 Å². The summed E-state index contributed by atoms with van der Waals surface area (Å²) in [4.78, 5) is 0.386. The second kappa shape index (κ2) is 5.71. The van der Waals surface area contributed by atoms with Crippen LogP contribution in [0.25, 0.3) is 0 Å². The molecule has 0 bridgehead atoms. The summed E-state index contributed by atoms with van der Waals surface area (Å²) in [5.74, 6) is 0.769. The minimum atomic E-state index is 0.386. The van der Waals surface area contributed by atoms with Crippen LogP contribution in [0.5, 0.6) is 5.75 Å². The van der Waals surface area contributed by atoms with Gasteiger partial charge in [0.25, 0.3) is 0 Å². The van der Waals surface area contributed by atoms with Crippen molar-refractivity contribution in [3.63, 3.8) is 0 Å². The van der Waals surface area contributed by atoms with Crippen molar-refractivity contribution < 1.29 is 4.74 Å². The van der Waals surface area contributed by atoms with Crippen LogP contribution >= 0.6 is 28.1 Å².